The predicted molar refractivity (Wildman–Crippen MR) is 134 cm³/mol. The number of alkyl halides is 3. The maximum absolute atomic E-state index is 13.7. The molecule has 3 atom stereocenters. The molecule has 2 aliphatic rings. The average Bonchev–Trinajstić information content (AvgIpc) is 3.37. The zero-order chi connectivity index (χ0) is 27.5. The van der Waals surface area contributed by atoms with E-state index in [-0.39, 0.29) is 42.1 Å². The van der Waals surface area contributed by atoms with Gasteiger partial charge in [-0.25, -0.2) is 17.8 Å². The molecule has 2 aromatic rings. The second-order valence-electron chi connectivity index (χ2n) is 8.75. The van der Waals surface area contributed by atoms with E-state index < -0.39 is 34.4 Å². The van der Waals surface area contributed by atoms with Crippen LogP contribution in [0.5, 0.6) is 5.75 Å². The number of aromatic nitrogens is 2. The van der Waals surface area contributed by atoms with E-state index in [0.29, 0.717) is 23.3 Å². The van der Waals surface area contributed by atoms with Gasteiger partial charge in [0, 0.05) is 48.2 Å². The molecule has 0 unspecified atom stereocenters. The molecule has 1 fully saturated rings. The Morgan fingerprint density at radius 3 is 2.79 bits per heavy atom. The molecule has 1 aromatic heterocycles. The second-order valence-corrected chi connectivity index (χ2v) is 11.2. The van der Waals surface area contributed by atoms with Gasteiger partial charge in [0.1, 0.15) is 17.9 Å². The van der Waals surface area contributed by atoms with Crippen LogP contribution in [-0.2, 0) is 14.8 Å². The van der Waals surface area contributed by atoms with Gasteiger partial charge in [0.15, 0.2) is 0 Å². The van der Waals surface area contributed by atoms with Gasteiger partial charge in [-0.3, -0.25) is 14.4 Å². The lowest BCUT2D eigenvalue weighted by molar-refractivity contribution is -0.347. The van der Waals surface area contributed by atoms with Crippen LogP contribution in [0, 0.1) is 0 Å². The number of allylic oxidation sites excluding steroid dienone is 3. The number of hydrogen-bond donors (Lipinski definition) is 1. The topological polar surface area (TPSA) is 93.7 Å². The number of likely N-dealkylation sites (tertiary alicyclic amines) is 1. The van der Waals surface area contributed by atoms with Crippen molar-refractivity contribution in [2.45, 2.75) is 55.6 Å². The van der Waals surface area contributed by atoms with Crippen LogP contribution in [0.25, 0.3) is 0 Å². The van der Waals surface area contributed by atoms with E-state index in [1.54, 1.807) is 6.07 Å². The number of rotatable bonds is 8. The van der Waals surface area contributed by atoms with E-state index in [2.05, 4.69) is 25.4 Å². The number of halogens is 4. The Kier molecular flexibility index (Phi) is 8.55. The number of sulfonamides is 1. The van der Waals surface area contributed by atoms with Crippen molar-refractivity contribution in [1.82, 2.24) is 14.3 Å². The quantitative estimate of drug-likeness (QED) is 0.328. The molecule has 1 aromatic carbocycles. The highest BCUT2D eigenvalue weighted by Gasteiger charge is 2.41. The van der Waals surface area contributed by atoms with Crippen molar-refractivity contribution in [2.24, 2.45) is 0 Å². The monoisotopic (exact) mass is 574 g/mol. The Labute approximate surface area is 221 Å². The third-order valence-corrected chi connectivity index (χ3v) is 8.39. The maximum Gasteiger partial charge on any atom is 0.522 e. The van der Waals surface area contributed by atoms with E-state index in [9.17, 15) is 26.0 Å². The highest BCUT2D eigenvalue weighted by atomic mass is 32.2. The number of piperidine rings is 1. The van der Waals surface area contributed by atoms with Crippen molar-refractivity contribution >= 4 is 26.7 Å². The minimum Gasteiger partial charge on any atom is -0.493 e. The Hall–Kier alpha value is -2.81. The van der Waals surface area contributed by atoms with Gasteiger partial charge < -0.3 is 4.74 Å². The number of anilines is 1. The summed E-state index contributed by atoms with van der Waals surface area (Å²) in [6.07, 6.45) is -0.0351. The van der Waals surface area contributed by atoms with Crippen molar-refractivity contribution in [1.29, 1.82) is 0 Å². The molecule has 0 aliphatic carbocycles. The minimum absolute atomic E-state index is 0.00502. The summed E-state index contributed by atoms with van der Waals surface area (Å²) >= 11 is 0.895. The van der Waals surface area contributed by atoms with E-state index in [1.165, 1.54) is 43.6 Å². The van der Waals surface area contributed by atoms with Crippen LogP contribution in [0.1, 0.15) is 37.8 Å². The normalized spacial score (nSPS) is 23.2. The van der Waals surface area contributed by atoms with Crippen LogP contribution in [0.2, 0.25) is 0 Å². The van der Waals surface area contributed by atoms with E-state index in [0.717, 1.165) is 11.5 Å². The molecule has 0 saturated carbocycles. The molecule has 38 heavy (non-hydrogen) atoms. The van der Waals surface area contributed by atoms with Crippen LogP contribution in [0.3, 0.4) is 0 Å². The molecule has 2 aliphatic heterocycles. The molecule has 1 N–H and O–H groups in total. The first kappa shape index (κ1) is 28.2. The van der Waals surface area contributed by atoms with Crippen molar-refractivity contribution in [3.05, 3.63) is 66.3 Å². The molecule has 1 saturated heterocycles. The van der Waals surface area contributed by atoms with Gasteiger partial charge in [-0.15, -0.1) is 13.2 Å². The number of nitrogens with one attached hydrogen (secondary N) is 1. The highest BCUT2D eigenvalue weighted by molar-refractivity contribution is 7.93. The Morgan fingerprint density at radius 2 is 2.11 bits per heavy atom. The minimum atomic E-state index is -4.78. The van der Waals surface area contributed by atoms with Gasteiger partial charge >= 0.3 is 6.36 Å². The van der Waals surface area contributed by atoms with Crippen LogP contribution in [0.15, 0.2) is 65.6 Å². The Morgan fingerprint density at radius 1 is 1.32 bits per heavy atom. The number of hydrogen-bond acceptors (Lipinski definition) is 8. The van der Waals surface area contributed by atoms with Crippen molar-refractivity contribution < 1.29 is 35.5 Å². The standard InChI is InChI=1S/C24H26F4N4O4S2/c1-3-16(25)5-4-15(2)21-12-17(36-24(26,27)28)8-10-32(21)20-9-11-35-22-13-18(6-7-19(20)22)38(33,34)31-23-29-14-30-37-23/h3-7,13-14,17,20-21H,2,8-12H2,1H3,(H,29,30,31)/b5-4-,16-3+/t17-,20-,21+/m0/s1. The third-order valence-electron chi connectivity index (χ3n) is 6.34. The van der Waals surface area contributed by atoms with E-state index in [4.69, 9.17) is 4.74 Å². The van der Waals surface area contributed by atoms with Gasteiger partial charge in [-0.05, 0) is 37.5 Å². The van der Waals surface area contributed by atoms with Gasteiger partial charge in [0.05, 0.1) is 17.6 Å². The molecule has 0 spiro atoms. The summed E-state index contributed by atoms with van der Waals surface area (Å²) in [4.78, 5) is 5.80. The third kappa shape index (κ3) is 6.79. The number of benzene rings is 1. The molecule has 0 radical (unpaired) electrons. The second kappa shape index (κ2) is 11.5. The number of ether oxygens (including phenoxy) is 2. The summed E-state index contributed by atoms with van der Waals surface area (Å²) in [6, 6.07) is 3.63. The maximum atomic E-state index is 13.7. The number of fused-ring (bicyclic) bond motifs is 1. The summed E-state index contributed by atoms with van der Waals surface area (Å²) in [7, 11) is -3.95. The Bertz CT molecular complexity index is 1310. The van der Waals surface area contributed by atoms with Crippen LogP contribution in [-0.4, -0.2) is 54.3 Å². The fourth-order valence-corrected chi connectivity index (χ4v) is 6.31. The lowest BCUT2D eigenvalue weighted by atomic mass is 9.88. The van der Waals surface area contributed by atoms with E-state index >= 15 is 0 Å². The van der Waals surface area contributed by atoms with Gasteiger partial charge in [0.25, 0.3) is 10.0 Å². The fraction of sp³-hybridized carbons (Fsp3) is 0.417. The summed E-state index contributed by atoms with van der Waals surface area (Å²) < 4.78 is 94.5. The zero-order valence-electron chi connectivity index (χ0n) is 20.3. The predicted octanol–water partition coefficient (Wildman–Crippen LogP) is 5.52. The van der Waals surface area contributed by atoms with Crippen LogP contribution >= 0.6 is 11.5 Å². The molecule has 206 valence electrons. The first-order valence-electron chi connectivity index (χ1n) is 11.7. The van der Waals surface area contributed by atoms with Gasteiger partial charge in [-0.2, -0.15) is 4.37 Å². The Balaban J connectivity index is 1.61. The largest absolute Gasteiger partial charge is 0.522 e. The van der Waals surface area contributed by atoms with Gasteiger partial charge in [-0.1, -0.05) is 24.8 Å². The fourth-order valence-electron chi connectivity index (χ4n) is 4.63. The lowest BCUT2D eigenvalue weighted by Crippen LogP contribution is -2.49. The summed E-state index contributed by atoms with van der Waals surface area (Å²) in [5.41, 5.74) is 1.13. The number of nitrogens with zero attached hydrogens (tertiary/aromatic N) is 3. The molecular weight excluding hydrogens is 548 g/mol. The molecule has 3 heterocycles. The van der Waals surface area contributed by atoms with Crippen LogP contribution < -0.4 is 9.46 Å². The van der Waals surface area contributed by atoms with E-state index in [1.807, 2.05) is 4.90 Å². The molecular formula is C24H26F4N4O4S2. The lowest BCUT2D eigenvalue weighted by Gasteiger charge is -2.45. The summed E-state index contributed by atoms with van der Waals surface area (Å²) in [6.45, 7) is 6.06. The van der Waals surface area contributed by atoms with Gasteiger partial charge in [0.2, 0.25) is 5.13 Å². The summed E-state index contributed by atoms with van der Waals surface area (Å²) in [5.74, 6) is -0.140. The molecule has 4 rings (SSSR count). The van der Waals surface area contributed by atoms with Crippen LogP contribution in [0.4, 0.5) is 22.7 Å². The molecule has 0 bridgehead atoms. The molecule has 14 heteroatoms. The first-order chi connectivity index (χ1) is 18.0. The molecule has 8 nitrogen and oxygen atoms in total. The molecule has 0 amide bonds. The highest BCUT2D eigenvalue weighted by Crippen LogP contribution is 2.42. The average molecular weight is 575 g/mol. The summed E-state index contributed by atoms with van der Waals surface area (Å²) in [5, 5.41) is 0.120. The zero-order valence-corrected chi connectivity index (χ0v) is 22.0. The van der Waals surface area contributed by atoms with Crippen molar-refractivity contribution in [3.63, 3.8) is 0 Å². The van der Waals surface area contributed by atoms with Crippen molar-refractivity contribution in [2.75, 3.05) is 17.9 Å². The first-order valence-corrected chi connectivity index (χ1v) is 14.0. The SMILES string of the molecule is C=C(/C=C\C(F)=C/C)[C@H]1C[C@@H](OC(F)(F)F)CCN1[C@H]1CCOc2cc(S(=O)(=O)Nc3ncns3)ccc21. The smallest absolute Gasteiger partial charge is 0.493 e. The van der Waals surface area contributed by atoms with Crippen molar-refractivity contribution in [3.8, 4) is 5.75 Å².